The Morgan fingerprint density at radius 1 is 1.24 bits per heavy atom. The van der Waals surface area contributed by atoms with Crippen molar-refractivity contribution in [1.29, 1.82) is 0 Å². The summed E-state index contributed by atoms with van der Waals surface area (Å²) in [5.41, 5.74) is 0.610. The van der Waals surface area contributed by atoms with Gasteiger partial charge in [-0.15, -0.1) is 0 Å². The second kappa shape index (κ2) is 6.36. The van der Waals surface area contributed by atoms with Gasteiger partial charge in [0, 0.05) is 34.3 Å². The van der Waals surface area contributed by atoms with Gasteiger partial charge in [-0.05, 0) is 30.3 Å². The fourth-order valence-electron chi connectivity index (χ4n) is 1.71. The largest absolute Gasteiger partial charge is 0.508 e. The normalized spacial score (nSPS) is 10.1. The summed E-state index contributed by atoms with van der Waals surface area (Å²) in [4.78, 5) is 22.0. The molecule has 0 heterocycles. The van der Waals surface area contributed by atoms with Gasteiger partial charge in [0.05, 0.1) is 4.92 Å². The second-order valence-corrected chi connectivity index (χ2v) is 5.18. The number of benzene rings is 2. The molecule has 0 radical (unpaired) electrons. The molecule has 0 aliphatic rings. The summed E-state index contributed by atoms with van der Waals surface area (Å²) in [7, 11) is 0. The first kappa shape index (κ1) is 15.0. The molecule has 0 spiro atoms. The number of nitro groups is 1. The summed E-state index contributed by atoms with van der Waals surface area (Å²) in [6.45, 7) is 0.00239. The fourth-order valence-corrected chi connectivity index (χ4v) is 1.97. The van der Waals surface area contributed by atoms with E-state index in [0.29, 0.717) is 5.56 Å². The molecular formula is C14H11BrN2O4. The molecule has 0 saturated carbocycles. The quantitative estimate of drug-likeness (QED) is 0.654. The summed E-state index contributed by atoms with van der Waals surface area (Å²) < 4.78 is 0.857. The average Bonchev–Trinajstić information content (AvgIpc) is 2.46. The lowest BCUT2D eigenvalue weighted by Gasteiger charge is -2.07. The summed E-state index contributed by atoms with van der Waals surface area (Å²) in [6.07, 6.45) is 0. The van der Waals surface area contributed by atoms with E-state index in [9.17, 15) is 20.0 Å². The Morgan fingerprint density at radius 2 is 1.90 bits per heavy atom. The minimum absolute atomic E-state index is 0.00239. The van der Waals surface area contributed by atoms with Crippen molar-refractivity contribution in [3.63, 3.8) is 0 Å². The minimum atomic E-state index is -0.556. The van der Waals surface area contributed by atoms with Crippen LogP contribution in [-0.2, 0) is 6.54 Å². The highest BCUT2D eigenvalue weighted by atomic mass is 79.9. The molecular weight excluding hydrogens is 340 g/mol. The van der Waals surface area contributed by atoms with E-state index in [4.69, 9.17) is 0 Å². The van der Waals surface area contributed by atoms with E-state index in [1.807, 2.05) is 0 Å². The number of carbonyl (C=O) groups excluding carboxylic acids is 1. The summed E-state index contributed by atoms with van der Waals surface area (Å²) in [5, 5.41) is 22.9. The molecule has 0 fully saturated rings. The number of carbonyl (C=O) groups is 1. The van der Waals surface area contributed by atoms with Gasteiger partial charge in [-0.1, -0.05) is 15.9 Å². The molecule has 21 heavy (non-hydrogen) atoms. The van der Waals surface area contributed by atoms with Crippen LogP contribution in [0.1, 0.15) is 15.9 Å². The molecule has 0 aliphatic carbocycles. The van der Waals surface area contributed by atoms with Crippen molar-refractivity contribution in [2.75, 3.05) is 0 Å². The number of hydrogen-bond donors (Lipinski definition) is 2. The zero-order valence-corrected chi connectivity index (χ0v) is 12.3. The number of nitro benzene ring substituents is 1. The van der Waals surface area contributed by atoms with Gasteiger partial charge in [0.2, 0.25) is 0 Å². The standard InChI is InChI=1S/C14H11BrN2O4/c15-11-3-1-9(2-4-11)14(19)16-8-10-7-12(17(20)21)5-6-13(10)18/h1-7,18H,8H2,(H,16,19). The van der Waals surface area contributed by atoms with Gasteiger partial charge in [-0.2, -0.15) is 0 Å². The van der Waals surface area contributed by atoms with Crippen molar-refractivity contribution in [3.05, 3.63) is 68.2 Å². The molecule has 0 atom stereocenters. The molecule has 0 aliphatic heterocycles. The van der Waals surface area contributed by atoms with Crippen LogP contribution in [0.5, 0.6) is 5.75 Å². The average molecular weight is 351 g/mol. The molecule has 108 valence electrons. The van der Waals surface area contributed by atoms with Crippen LogP contribution in [0, 0.1) is 10.1 Å². The lowest BCUT2D eigenvalue weighted by Crippen LogP contribution is -2.22. The van der Waals surface area contributed by atoms with Gasteiger partial charge < -0.3 is 10.4 Å². The first-order valence-electron chi connectivity index (χ1n) is 5.97. The van der Waals surface area contributed by atoms with Crippen LogP contribution in [0.4, 0.5) is 5.69 Å². The molecule has 1 amide bonds. The zero-order chi connectivity index (χ0) is 15.4. The van der Waals surface area contributed by atoms with E-state index < -0.39 is 4.92 Å². The first-order chi connectivity index (χ1) is 9.97. The smallest absolute Gasteiger partial charge is 0.270 e. The molecule has 0 bridgehead atoms. The summed E-state index contributed by atoms with van der Waals surface area (Å²) in [6, 6.07) is 10.4. The van der Waals surface area contributed by atoms with E-state index in [1.165, 1.54) is 18.2 Å². The van der Waals surface area contributed by atoms with Crippen molar-refractivity contribution in [2.24, 2.45) is 0 Å². The fraction of sp³-hybridized carbons (Fsp3) is 0.0714. The molecule has 7 heteroatoms. The van der Waals surface area contributed by atoms with Crippen molar-refractivity contribution in [1.82, 2.24) is 5.32 Å². The van der Waals surface area contributed by atoms with Gasteiger partial charge >= 0.3 is 0 Å². The number of halogens is 1. The highest BCUT2D eigenvalue weighted by Crippen LogP contribution is 2.22. The maximum atomic E-state index is 11.9. The van der Waals surface area contributed by atoms with Crippen LogP contribution in [0.2, 0.25) is 0 Å². The molecule has 2 aromatic carbocycles. The number of amides is 1. The molecule has 0 saturated heterocycles. The Morgan fingerprint density at radius 3 is 2.52 bits per heavy atom. The molecule has 6 nitrogen and oxygen atoms in total. The molecule has 0 aromatic heterocycles. The highest BCUT2D eigenvalue weighted by molar-refractivity contribution is 9.10. The van der Waals surface area contributed by atoms with Crippen molar-refractivity contribution in [3.8, 4) is 5.75 Å². The van der Waals surface area contributed by atoms with Gasteiger partial charge in [0.1, 0.15) is 5.75 Å². The number of nitrogens with zero attached hydrogens (tertiary/aromatic N) is 1. The lowest BCUT2D eigenvalue weighted by molar-refractivity contribution is -0.384. The number of aromatic hydroxyl groups is 1. The van der Waals surface area contributed by atoms with Crippen molar-refractivity contribution >= 4 is 27.5 Å². The molecule has 0 unspecified atom stereocenters. The third-order valence-electron chi connectivity index (χ3n) is 2.82. The van der Waals surface area contributed by atoms with Crippen LogP contribution in [0.25, 0.3) is 0 Å². The SMILES string of the molecule is O=C(NCc1cc([N+](=O)[O-])ccc1O)c1ccc(Br)cc1. The van der Waals surface area contributed by atoms with E-state index in [-0.39, 0.29) is 29.5 Å². The predicted octanol–water partition coefficient (Wildman–Crippen LogP) is 2.99. The monoisotopic (exact) mass is 350 g/mol. The number of phenols is 1. The Balaban J connectivity index is 2.09. The third kappa shape index (κ3) is 3.79. The maximum Gasteiger partial charge on any atom is 0.270 e. The minimum Gasteiger partial charge on any atom is -0.508 e. The van der Waals surface area contributed by atoms with E-state index in [2.05, 4.69) is 21.2 Å². The number of nitrogens with one attached hydrogen (secondary N) is 1. The van der Waals surface area contributed by atoms with Crippen LogP contribution in [0.15, 0.2) is 46.9 Å². The van der Waals surface area contributed by atoms with E-state index >= 15 is 0 Å². The van der Waals surface area contributed by atoms with Crippen LogP contribution in [-0.4, -0.2) is 15.9 Å². The molecule has 2 N–H and O–H groups in total. The zero-order valence-electron chi connectivity index (χ0n) is 10.7. The van der Waals surface area contributed by atoms with Crippen LogP contribution in [0.3, 0.4) is 0 Å². The van der Waals surface area contributed by atoms with Crippen molar-refractivity contribution in [2.45, 2.75) is 6.54 Å². The van der Waals surface area contributed by atoms with Gasteiger partial charge in [0.15, 0.2) is 0 Å². The Hall–Kier alpha value is -2.41. The molecule has 2 aromatic rings. The Kier molecular flexibility index (Phi) is 4.54. The second-order valence-electron chi connectivity index (χ2n) is 4.26. The van der Waals surface area contributed by atoms with E-state index in [0.717, 1.165) is 4.47 Å². The van der Waals surface area contributed by atoms with E-state index in [1.54, 1.807) is 24.3 Å². The summed E-state index contributed by atoms with van der Waals surface area (Å²) >= 11 is 3.27. The van der Waals surface area contributed by atoms with Crippen LogP contribution >= 0.6 is 15.9 Å². The number of phenolic OH excluding ortho intramolecular Hbond substituents is 1. The predicted molar refractivity (Wildman–Crippen MR) is 80.1 cm³/mol. The number of hydrogen-bond acceptors (Lipinski definition) is 4. The van der Waals surface area contributed by atoms with Gasteiger partial charge in [-0.3, -0.25) is 14.9 Å². The highest BCUT2D eigenvalue weighted by Gasteiger charge is 2.12. The topological polar surface area (TPSA) is 92.5 Å². The Bertz CT molecular complexity index is 686. The number of rotatable bonds is 4. The first-order valence-corrected chi connectivity index (χ1v) is 6.76. The maximum absolute atomic E-state index is 11.9. The van der Waals surface area contributed by atoms with Crippen molar-refractivity contribution < 1.29 is 14.8 Å². The lowest BCUT2D eigenvalue weighted by atomic mass is 10.1. The molecule has 2 rings (SSSR count). The Labute approximate surface area is 128 Å². The summed E-state index contributed by atoms with van der Waals surface area (Å²) in [5.74, 6) is -0.426. The van der Waals surface area contributed by atoms with Gasteiger partial charge in [-0.25, -0.2) is 0 Å². The third-order valence-corrected chi connectivity index (χ3v) is 3.35. The van der Waals surface area contributed by atoms with Gasteiger partial charge in [0.25, 0.3) is 11.6 Å². The number of non-ortho nitro benzene ring substituents is 1. The van der Waals surface area contributed by atoms with Crippen LogP contribution < -0.4 is 5.32 Å².